The monoisotopic (exact) mass is 538 g/mol. The van der Waals surface area contributed by atoms with Crippen LogP contribution in [0.15, 0.2) is 47.6 Å². The van der Waals surface area contributed by atoms with E-state index in [1.807, 2.05) is 0 Å². The summed E-state index contributed by atoms with van der Waals surface area (Å²) < 4.78 is 98.3. The number of aliphatic hydroxyl groups excluding tert-OH is 1. The Bertz CT molecular complexity index is 1150. The molecule has 1 aromatic carbocycles. The first kappa shape index (κ1) is 27.9. The SMILES string of the molecule is C=S(=O)(CC1CC1)c1ccc(CC(=O)Nc2ccc(C(OCCO)(C(F)(F)F)C(F)(F)F)cc2)cn1. The van der Waals surface area contributed by atoms with Gasteiger partial charge < -0.3 is 15.2 Å². The number of anilines is 1. The Morgan fingerprint density at radius 1 is 1.08 bits per heavy atom. The number of amides is 1. The number of aromatic nitrogens is 1. The van der Waals surface area contributed by atoms with E-state index in [0.717, 1.165) is 25.0 Å². The number of alkyl halides is 6. The van der Waals surface area contributed by atoms with Gasteiger partial charge in [-0.15, -0.1) is 0 Å². The molecule has 2 N–H and O–H groups in total. The average molecular weight is 539 g/mol. The van der Waals surface area contributed by atoms with Crippen LogP contribution in [-0.2, 0) is 31.1 Å². The van der Waals surface area contributed by atoms with E-state index < -0.39 is 52.2 Å². The first-order chi connectivity index (χ1) is 16.7. The van der Waals surface area contributed by atoms with E-state index in [0.29, 0.717) is 34.4 Å². The van der Waals surface area contributed by atoms with E-state index in [1.54, 1.807) is 6.07 Å². The number of hydrogen-bond donors (Lipinski definition) is 2. The highest BCUT2D eigenvalue weighted by Gasteiger charge is 2.73. The predicted octanol–water partition coefficient (Wildman–Crippen LogP) is 4.08. The number of carbonyl (C=O) groups excluding carboxylic acids is 1. The van der Waals surface area contributed by atoms with Gasteiger partial charge in [0, 0.05) is 32.7 Å². The Balaban J connectivity index is 1.71. The van der Waals surface area contributed by atoms with Crippen LogP contribution in [0.1, 0.15) is 24.0 Å². The fourth-order valence-electron chi connectivity index (χ4n) is 3.60. The molecule has 2 aromatic rings. The molecule has 1 unspecified atom stereocenters. The summed E-state index contributed by atoms with van der Waals surface area (Å²) >= 11 is 0. The van der Waals surface area contributed by atoms with Crippen molar-refractivity contribution >= 4 is 27.0 Å². The molecule has 0 spiro atoms. The van der Waals surface area contributed by atoms with Crippen LogP contribution in [0.4, 0.5) is 32.0 Å². The summed E-state index contributed by atoms with van der Waals surface area (Å²) in [5.41, 5.74) is -5.49. The number of benzene rings is 1. The van der Waals surface area contributed by atoms with Gasteiger partial charge in [-0.25, -0.2) is 4.98 Å². The maximum atomic E-state index is 13.6. The standard InChI is InChI=1S/C23H24F6N2O4S/c1-36(34,14-15-2-3-15)20-9-4-16(13-30-20)12-19(33)31-18-7-5-17(6-8-18)21(22(24,25)26,23(27,28)29)35-11-10-32/h4-9,13,15,32H,1-3,10-12,14H2,(H,31,33). The molecular formula is C23H24F6N2O4S. The number of pyridine rings is 1. The second kappa shape index (κ2) is 10.4. The van der Waals surface area contributed by atoms with E-state index in [1.165, 1.54) is 12.3 Å². The Morgan fingerprint density at radius 3 is 2.17 bits per heavy atom. The van der Waals surface area contributed by atoms with Crippen molar-refractivity contribution in [2.45, 2.75) is 42.2 Å². The summed E-state index contributed by atoms with van der Waals surface area (Å²) in [6.07, 6.45) is -8.55. The third kappa shape index (κ3) is 6.19. The highest BCUT2D eigenvalue weighted by Crippen LogP contribution is 2.53. The van der Waals surface area contributed by atoms with Crippen LogP contribution < -0.4 is 5.32 Å². The molecule has 0 radical (unpaired) electrons. The van der Waals surface area contributed by atoms with Crippen molar-refractivity contribution in [2.75, 3.05) is 24.3 Å². The first-order valence-corrected chi connectivity index (χ1v) is 12.7. The third-order valence-electron chi connectivity index (χ3n) is 5.53. The second-order valence-electron chi connectivity index (χ2n) is 8.48. The summed E-state index contributed by atoms with van der Waals surface area (Å²) in [7, 11) is -2.53. The quantitative estimate of drug-likeness (QED) is 0.352. The molecule has 1 heterocycles. The van der Waals surface area contributed by atoms with E-state index >= 15 is 0 Å². The molecule has 198 valence electrons. The molecule has 1 aromatic heterocycles. The highest BCUT2D eigenvalue weighted by molar-refractivity contribution is 8.00. The summed E-state index contributed by atoms with van der Waals surface area (Å²) in [6.45, 7) is -2.25. The molecule has 3 rings (SSSR count). The lowest BCUT2D eigenvalue weighted by molar-refractivity contribution is -0.390. The summed E-state index contributed by atoms with van der Waals surface area (Å²) in [5, 5.41) is 11.5. The number of nitrogens with one attached hydrogen (secondary N) is 1. The Kier molecular flexibility index (Phi) is 8.06. The Hall–Kier alpha value is -2.64. The maximum absolute atomic E-state index is 13.6. The van der Waals surface area contributed by atoms with Gasteiger partial charge in [-0.1, -0.05) is 18.2 Å². The van der Waals surface area contributed by atoms with Crippen LogP contribution >= 0.6 is 0 Å². The second-order valence-corrected chi connectivity index (χ2v) is 10.9. The van der Waals surface area contributed by atoms with Crippen molar-refractivity contribution in [2.24, 2.45) is 5.92 Å². The zero-order valence-electron chi connectivity index (χ0n) is 18.9. The molecule has 0 bridgehead atoms. The van der Waals surface area contributed by atoms with E-state index in [-0.39, 0.29) is 12.1 Å². The average Bonchev–Trinajstić information content (AvgIpc) is 3.57. The molecule has 0 saturated heterocycles. The summed E-state index contributed by atoms with van der Waals surface area (Å²) in [5.74, 6) is 4.00. The van der Waals surface area contributed by atoms with Crippen molar-refractivity contribution in [3.63, 3.8) is 0 Å². The van der Waals surface area contributed by atoms with Crippen molar-refractivity contribution in [3.05, 3.63) is 53.7 Å². The topological polar surface area (TPSA) is 88.5 Å². The summed E-state index contributed by atoms with van der Waals surface area (Å²) in [6, 6.07) is 5.96. The lowest BCUT2D eigenvalue weighted by Gasteiger charge is -2.37. The van der Waals surface area contributed by atoms with Gasteiger partial charge in [-0.05, 0) is 48.4 Å². The Labute approximate surface area is 203 Å². The number of aliphatic hydroxyl groups is 1. The molecule has 36 heavy (non-hydrogen) atoms. The van der Waals surface area contributed by atoms with Gasteiger partial charge in [0.2, 0.25) is 5.91 Å². The molecule has 1 aliphatic rings. The number of halogens is 6. The van der Waals surface area contributed by atoms with Crippen LogP contribution in [0.2, 0.25) is 0 Å². The largest absolute Gasteiger partial charge is 0.430 e. The van der Waals surface area contributed by atoms with E-state index in [2.05, 4.69) is 20.9 Å². The number of ether oxygens (including phenoxy) is 1. The van der Waals surface area contributed by atoms with Crippen LogP contribution in [0.25, 0.3) is 0 Å². The van der Waals surface area contributed by atoms with E-state index in [4.69, 9.17) is 5.11 Å². The lowest BCUT2D eigenvalue weighted by atomic mass is 9.91. The minimum Gasteiger partial charge on any atom is -0.394 e. The van der Waals surface area contributed by atoms with Gasteiger partial charge in [0.1, 0.15) is 5.03 Å². The fourth-order valence-corrected chi connectivity index (χ4v) is 5.43. The lowest BCUT2D eigenvalue weighted by Crippen LogP contribution is -2.56. The van der Waals surface area contributed by atoms with Gasteiger partial charge in [0.25, 0.3) is 5.60 Å². The predicted molar refractivity (Wildman–Crippen MR) is 121 cm³/mol. The molecule has 0 aliphatic heterocycles. The van der Waals surface area contributed by atoms with Gasteiger partial charge in [0.15, 0.2) is 0 Å². The van der Waals surface area contributed by atoms with Crippen molar-refractivity contribution in [3.8, 4) is 0 Å². The molecule has 13 heteroatoms. The van der Waals surface area contributed by atoms with Crippen LogP contribution in [0.5, 0.6) is 0 Å². The third-order valence-corrected chi connectivity index (χ3v) is 7.54. The van der Waals surface area contributed by atoms with Crippen LogP contribution in [-0.4, -0.2) is 57.4 Å². The minimum absolute atomic E-state index is 0.0426. The fraction of sp³-hybridized carbons (Fsp3) is 0.435. The van der Waals surface area contributed by atoms with Crippen molar-refractivity contribution in [1.29, 1.82) is 0 Å². The molecule has 1 aliphatic carbocycles. The zero-order chi connectivity index (χ0) is 26.8. The molecular weight excluding hydrogens is 514 g/mol. The van der Waals surface area contributed by atoms with Gasteiger partial charge in [-0.3, -0.25) is 9.00 Å². The molecule has 1 saturated carbocycles. The number of nitrogens with zero attached hydrogens (tertiary/aromatic N) is 1. The van der Waals surface area contributed by atoms with Crippen LogP contribution in [0.3, 0.4) is 0 Å². The smallest absolute Gasteiger partial charge is 0.394 e. The van der Waals surface area contributed by atoms with Gasteiger partial charge >= 0.3 is 12.4 Å². The van der Waals surface area contributed by atoms with Crippen LogP contribution in [0, 0.1) is 5.92 Å². The van der Waals surface area contributed by atoms with E-state index in [9.17, 15) is 35.3 Å². The first-order valence-electron chi connectivity index (χ1n) is 10.8. The number of hydrogen-bond acceptors (Lipinski definition) is 5. The normalized spacial score (nSPS) is 16.4. The minimum atomic E-state index is -5.87. The van der Waals surface area contributed by atoms with Crippen molar-refractivity contribution < 1.29 is 45.2 Å². The molecule has 1 amide bonds. The number of carbonyl (C=O) groups is 1. The molecule has 1 fully saturated rings. The maximum Gasteiger partial charge on any atom is 0.430 e. The van der Waals surface area contributed by atoms with Gasteiger partial charge in [-0.2, -0.15) is 26.3 Å². The number of rotatable bonds is 10. The zero-order valence-corrected chi connectivity index (χ0v) is 19.7. The molecule has 6 nitrogen and oxygen atoms in total. The molecule has 1 atom stereocenters. The summed E-state index contributed by atoms with van der Waals surface area (Å²) in [4.78, 5) is 16.5. The van der Waals surface area contributed by atoms with Crippen molar-refractivity contribution in [1.82, 2.24) is 4.98 Å². The Morgan fingerprint density at radius 2 is 1.69 bits per heavy atom. The van der Waals surface area contributed by atoms with Gasteiger partial charge in [0.05, 0.1) is 19.6 Å². The highest BCUT2D eigenvalue weighted by atomic mass is 32.2.